The first-order valence-electron chi connectivity index (χ1n) is 6.24. The number of hydrogen-bond donors (Lipinski definition) is 2. The average molecular weight is 363 g/mol. The van der Waals surface area contributed by atoms with E-state index >= 15 is 0 Å². The van der Waals surface area contributed by atoms with E-state index in [1.54, 1.807) is 6.92 Å². The smallest absolute Gasteiger partial charge is 0.251 e. The summed E-state index contributed by atoms with van der Waals surface area (Å²) in [5, 5.41) is 7.89. The molecule has 1 aromatic carbocycles. The molecule has 0 fully saturated rings. The topological polar surface area (TPSA) is 89.3 Å². The van der Waals surface area contributed by atoms with Crippen LogP contribution in [0.15, 0.2) is 21.5 Å². The van der Waals surface area contributed by atoms with Crippen LogP contribution < -0.4 is 10.5 Å². The van der Waals surface area contributed by atoms with E-state index in [-0.39, 0.29) is 10.8 Å². The lowest BCUT2D eigenvalue weighted by atomic mass is 10.1. The lowest BCUT2D eigenvalue weighted by molar-refractivity contribution is 0.0951. The van der Waals surface area contributed by atoms with Crippen LogP contribution in [-0.2, 0) is 10.0 Å². The van der Waals surface area contributed by atoms with E-state index in [1.165, 1.54) is 12.1 Å². The zero-order chi connectivity index (χ0) is 15.5. The van der Waals surface area contributed by atoms with Crippen LogP contribution in [0.4, 0.5) is 0 Å². The summed E-state index contributed by atoms with van der Waals surface area (Å²) in [7, 11) is -3.84. The molecule has 5 nitrogen and oxygen atoms in total. The molecule has 0 bridgehead atoms. The molecular formula is C13H19BrN2O3S. The molecule has 1 aromatic rings. The Hall–Kier alpha value is -0.920. The summed E-state index contributed by atoms with van der Waals surface area (Å²) in [6.45, 7) is 6.42. The molecule has 0 saturated carbocycles. The summed E-state index contributed by atoms with van der Waals surface area (Å²) in [5.41, 5.74) is 0.992. The van der Waals surface area contributed by atoms with Crippen molar-refractivity contribution in [2.45, 2.75) is 32.1 Å². The third kappa shape index (κ3) is 4.57. The molecule has 0 atom stereocenters. The second-order valence-electron chi connectivity index (χ2n) is 5.06. The van der Waals surface area contributed by atoms with E-state index in [0.717, 1.165) is 6.42 Å². The number of primary sulfonamides is 1. The number of halogens is 1. The second kappa shape index (κ2) is 6.69. The molecule has 0 aliphatic carbocycles. The second-order valence-corrected chi connectivity index (χ2v) is 7.48. The first-order chi connectivity index (χ1) is 9.12. The molecule has 0 spiro atoms. The van der Waals surface area contributed by atoms with E-state index in [9.17, 15) is 13.2 Å². The van der Waals surface area contributed by atoms with Crippen molar-refractivity contribution in [1.82, 2.24) is 5.32 Å². The first-order valence-corrected chi connectivity index (χ1v) is 8.58. The first kappa shape index (κ1) is 17.1. The van der Waals surface area contributed by atoms with Crippen molar-refractivity contribution in [3.8, 4) is 0 Å². The molecule has 7 heteroatoms. The van der Waals surface area contributed by atoms with Gasteiger partial charge >= 0.3 is 0 Å². The Morgan fingerprint density at radius 1 is 1.40 bits per heavy atom. The molecule has 0 aliphatic heterocycles. The Bertz CT molecular complexity index is 612. The van der Waals surface area contributed by atoms with Gasteiger partial charge in [0.2, 0.25) is 10.0 Å². The Kier molecular flexibility index (Phi) is 5.73. The SMILES string of the molecule is Cc1c(Br)cc(S(N)(=O)=O)cc1C(=O)NCCC(C)C. The van der Waals surface area contributed by atoms with Gasteiger partial charge in [-0.15, -0.1) is 0 Å². The summed E-state index contributed by atoms with van der Waals surface area (Å²) < 4.78 is 23.3. The van der Waals surface area contributed by atoms with E-state index in [0.29, 0.717) is 28.1 Å². The van der Waals surface area contributed by atoms with Crippen LogP contribution in [-0.4, -0.2) is 20.9 Å². The van der Waals surface area contributed by atoms with Crippen LogP contribution in [0.1, 0.15) is 36.2 Å². The maximum Gasteiger partial charge on any atom is 0.251 e. The molecule has 1 rings (SSSR count). The number of amides is 1. The highest BCUT2D eigenvalue weighted by Crippen LogP contribution is 2.24. The zero-order valence-corrected chi connectivity index (χ0v) is 14.1. The maximum atomic E-state index is 12.1. The van der Waals surface area contributed by atoms with Gasteiger partial charge in [-0.25, -0.2) is 13.6 Å². The van der Waals surface area contributed by atoms with Crippen LogP contribution in [0.3, 0.4) is 0 Å². The van der Waals surface area contributed by atoms with Crippen molar-refractivity contribution in [2.24, 2.45) is 11.1 Å². The predicted molar refractivity (Wildman–Crippen MR) is 82.0 cm³/mol. The molecule has 0 aliphatic rings. The van der Waals surface area contributed by atoms with Crippen molar-refractivity contribution in [3.63, 3.8) is 0 Å². The average Bonchev–Trinajstić information content (AvgIpc) is 2.30. The Morgan fingerprint density at radius 3 is 2.50 bits per heavy atom. The summed E-state index contributed by atoms with van der Waals surface area (Å²) in [6.07, 6.45) is 0.862. The molecule has 3 N–H and O–H groups in total. The third-order valence-electron chi connectivity index (χ3n) is 2.90. The van der Waals surface area contributed by atoms with Crippen molar-refractivity contribution in [1.29, 1.82) is 0 Å². The molecule has 112 valence electrons. The highest BCUT2D eigenvalue weighted by molar-refractivity contribution is 9.10. The molecule has 0 aromatic heterocycles. The van der Waals surface area contributed by atoms with E-state index in [2.05, 4.69) is 35.1 Å². The highest BCUT2D eigenvalue weighted by atomic mass is 79.9. The Morgan fingerprint density at radius 2 is 2.00 bits per heavy atom. The van der Waals surface area contributed by atoms with Gasteiger partial charge in [-0.2, -0.15) is 0 Å². The fraction of sp³-hybridized carbons (Fsp3) is 0.462. The largest absolute Gasteiger partial charge is 0.352 e. The molecule has 20 heavy (non-hydrogen) atoms. The molecular weight excluding hydrogens is 344 g/mol. The summed E-state index contributed by atoms with van der Waals surface area (Å²) in [5.74, 6) is 0.188. The van der Waals surface area contributed by atoms with Gasteiger partial charge in [-0.05, 0) is 37.0 Å². The fourth-order valence-electron chi connectivity index (χ4n) is 1.62. The van der Waals surface area contributed by atoms with Gasteiger partial charge in [0.25, 0.3) is 5.91 Å². The number of benzene rings is 1. The number of sulfonamides is 1. The van der Waals surface area contributed by atoms with Crippen LogP contribution >= 0.6 is 15.9 Å². The number of nitrogens with two attached hydrogens (primary N) is 1. The van der Waals surface area contributed by atoms with Crippen LogP contribution in [0.5, 0.6) is 0 Å². The number of rotatable bonds is 5. The Balaban J connectivity index is 3.05. The van der Waals surface area contributed by atoms with Crippen LogP contribution in [0, 0.1) is 12.8 Å². The van der Waals surface area contributed by atoms with Crippen LogP contribution in [0.25, 0.3) is 0 Å². The predicted octanol–water partition coefficient (Wildman–Crippen LogP) is 2.18. The van der Waals surface area contributed by atoms with Crippen molar-refractivity contribution >= 4 is 31.9 Å². The summed E-state index contributed by atoms with van der Waals surface area (Å²) in [6, 6.07) is 2.70. The van der Waals surface area contributed by atoms with Gasteiger partial charge < -0.3 is 5.32 Å². The highest BCUT2D eigenvalue weighted by Gasteiger charge is 2.17. The van der Waals surface area contributed by atoms with Crippen molar-refractivity contribution in [2.75, 3.05) is 6.54 Å². The molecule has 0 unspecified atom stereocenters. The minimum absolute atomic E-state index is 0.0796. The molecule has 0 radical (unpaired) electrons. The minimum atomic E-state index is -3.84. The zero-order valence-electron chi connectivity index (χ0n) is 11.7. The number of hydrogen-bond acceptors (Lipinski definition) is 3. The quantitative estimate of drug-likeness (QED) is 0.840. The fourth-order valence-corrected chi connectivity index (χ4v) is 2.80. The monoisotopic (exact) mass is 362 g/mol. The lowest BCUT2D eigenvalue weighted by Gasteiger charge is -2.11. The van der Waals surface area contributed by atoms with E-state index < -0.39 is 10.0 Å². The third-order valence-corrected chi connectivity index (χ3v) is 4.61. The Labute approximate surface area is 128 Å². The van der Waals surface area contributed by atoms with Gasteiger partial charge in [-0.1, -0.05) is 29.8 Å². The van der Waals surface area contributed by atoms with Crippen LogP contribution in [0.2, 0.25) is 0 Å². The maximum absolute atomic E-state index is 12.1. The molecule has 0 saturated heterocycles. The number of carbonyl (C=O) groups excluding carboxylic acids is 1. The number of nitrogens with one attached hydrogen (secondary N) is 1. The summed E-state index contributed by atoms with van der Waals surface area (Å²) >= 11 is 3.25. The number of carbonyl (C=O) groups is 1. The molecule has 1 amide bonds. The van der Waals surface area contributed by atoms with Gasteiger partial charge in [0.15, 0.2) is 0 Å². The normalized spacial score (nSPS) is 11.7. The minimum Gasteiger partial charge on any atom is -0.352 e. The van der Waals surface area contributed by atoms with Gasteiger partial charge in [0, 0.05) is 16.6 Å². The van der Waals surface area contributed by atoms with E-state index in [4.69, 9.17) is 5.14 Å². The summed E-state index contributed by atoms with van der Waals surface area (Å²) in [4.78, 5) is 12.0. The van der Waals surface area contributed by atoms with Gasteiger partial charge in [0.05, 0.1) is 4.90 Å². The lowest BCUT2D eigenvalue weighted by Crippen LogP contribution is -2.26. The van der Waals surface area contributed by atoms with Gasteiger partial charge in [-0.3, -0.25) is 4.79 Å². The standard InChI is InChI=1S/C13H19BrN2O3S/c1-8(2)4-5-16-13(17)11-6-10(20(15,18)19)7-12(14)9(11)3/h6-8H,4-5H2,1-3H3,(H,16,17)(H2,15,18,19). The molecule has 0 heterocycles. The van der Waals surface area contributed by atoms with E-state index in [1.807, 2.05) is 0 Å². The van der Waals surface area contributed by atoms with Crippen molar-refractivity contribution < 1.29 is 13.2 Å². The van der Waals surface area contributed by atoms with Gasteiger partial charge in [0.1, 0.15) is 0 Å². The van der Waals surface area contributed by atoms with Crippen molar-refractivity contribution in [3.05, 3.63) is 27.7 Å².